The highest BCUT2D eigenvalue weighted by Crippen LogP contribution is 2.07. The van der Waals surface area contributed by atoms with E-state index in [0.717, 1.165) is 19.5 Å². The molecule has 0 radical (unpaired) electrons. The van der Waals surface area contributed by atoms with Crippen LogP contribution in [0.3, 0.4) is 0 Å². The quantitative estimate of drug-likeness (QED) is 0.786. The molecule has 2 nitrogen and oxygen atoms in total. The summed E-state index contributed by atoms with van der Waals surface area (Å²) in [7, 11) is 2.16. The van der Waals surface area contributed by atoms with Crippen LogP contribution in [0.4, 0.5) is 0 Å². The molecule has 0 heterocycles. The Kier molecular flexibility index (Phi) is 6.53. The number of benzene rings is 1. The zero-order valence-electron chi connectivity index (χ0n) is 10.2. The van der Waals surface area contributed by atoms with Crippen molar-refractivity contribution in [3.63, 3.8) is 0 Å². The molecule has 0 amide bonds. The number of hydrogen-bond acceptors (Lipinski definition) is 3. The van der Waals surface area contributed by atoms with Gasteiger partial charge in [-0.15, -0.1) is 0 Å². The van der Waals surface area contributed by atoms with Gasteiger partial charge in [-0.3, -0.25) is 0 Å². The first-order chi connectivity index (χ1) is 7.77. The molecule has 0 aromatic heterocycles. The SMILES string of the molecule is CSCCN(C)C(CN)Cc1ccccc1. The number of nitrogens with two attached hydrogens (primary N) is 1. The molecule has 0 aliphatic carbocycles. The first-order valence-electron chi connectivity index (χ1n) is 5.71. The number of rotatable bonds is 7. The fourth-order valence-electron chi connectivity index (χ4n) is 1.72. The van der Waals surface area contributed by atoms with Gasteiger partial charge < -0.3 is 10.6 Å². The van der Waals surface area contributed by atoms with Crippen LogP contribution in [0.5, 0.6) is 0 Å². The molecule has 1 aromatic carbocycles. The van der Waals surface area contributed by atoms with Crippen molar-refractivity contribution in [2.24, 2.45) is 5.73 Å². The third-order valence-corrected chi connectivity index (χ3v) is 3.45. The van der Waals surface area contributed by atoms with Crippen LogP contribution in [-0.2, 0) is 6.42 Å². The Morgan fingerprint density at radius 2 is 2.00 bits per heavy atom. The average Bonchev–Trinajstić information content (AvgIpc) is 2.34. The van der Waals surface area contributed by atoms with Crippen molar-refractivity contribution in [1.29, 1.82) is 0 Å². The second-order valence-electron chi connectivity index (χ2n) is 4.05. The summed E-state index contributed by atoms with van der Waals surface area (Å²) in [4.78, 5) is 2.36. The summed E-state index contributed by atoms with van der Waals surface area (Å²) in [5, 5.41) is 0. The van der Waals surface area contributed by atoms with E-state index in [1.54, 1.807) is 0 Å². The van der Waals surface area contributed by atoms with Crippen LogP contribution in [0.1, 0.15) is 5.56 Å². The minimum atomic E-state index is 0.453. The van der Waals surface area contributed by atoms with Gasteiger partial charge in [-0.2, -0.15) is 11.8 Å². The lowest BCUT2D eigenvalue weighted by Gasteiger charge is -2.26. The monoisotopic (exact) mass is 238 g/mol. The summed E-state index contributed by atoms with van der Waals surface area (Å²) in [6.45, 7) is 1.83. The van der Waals surface area contributed by atoms with Crippen molar-refractivity contribution in [1.82, 2.24) is 4.90 Å². The van der Waals surface area contributed by atoms with E-state index >= 15 is 0 Å². The van der Waals surface area contributed by atoms with Gasteiger partial charge in [0.25, 0.3) is 0 Å². The number of likely N-dealkylation sites (N-methyl/N-ethyl adjacent to an activating group) is 1. The molecule has 1 unspecified atom stereocenters. The molecule has 1 aromatic rings. The van der Waals surface area contributed by atoms with E-state index in [1.807, 2.05) is 11.8 Å². The lowest BCUT2D eigenvalue weighted by molar-refractivity contribution is 0.260. The Hall–Kier alpha value is -0.510. The van der Waals surface area contributed by atoms with E-state index < -0.39 is 0 Å². The Balaban J connectivity index is 2.48. The van der Waals surface area contributed by atoms with Crippen LogP contribution in [0.2, 0.25) is 0 Å². The predicted molar refractivity (Wildman–Crippen MR) is 74.0 cm³/mol. The molecule has 0 saturated heterocycles. The second-order valence-corrected chi connectivity index (χ2v) is 5.04. The van der Waals surface area contributed by atoms with Crippen LogP contribution in [0.15, 0.2) is 30.3 Å². The fraction of sp³-hybridized carbons (Fsp3) is 0.538. The zero-order valence-corrected chi connectivity index (χ0v) is 11.0. The van der Waals surface area contributed by atoms with Crippen molar-refractivity contribution in [3.05, 3.63) is 35.9 Å². The third-order valence-electron chi connectivity index (χ3n) is 2.86. The minimum Gasteiger partial charge on any atom is -0.329 e. The van der Waals surface area contributed by atoms with Crippen molar-refractivity contribution < 1.29 is 0 Å². The first kappa shape index (κ1) is 13.6. The molecule has 90 valence electrons. The Labute approximate surface area is 103 Å². The van der Waals surface area contributed by atoms with Crippen LogP contribution in [0, 0.1) is 0 Å². The minimum absolute atomic E-state index is 0.453. The normalized spacial score (nSPS) is 13.0. The third kappa shape index (κ3) is 4.56. The Morgan fingerprint density at radius 1 is 1.31 bits per heavy atom. The van der Waals surface area contributed by atoms with Gasteiger partial charge in [0.1, 0.15) is 0 Å². The summed E-state index contributed by atoms with van der Waals surface area (Å²) in [5.41, 5.74) is 7.21. The van der Waals surface area contributed by atoms with Gasteiger partial charge in [-0.05, 0) is 25.3 Å². The van der Waals surface area contributed by atoms with E-state index in [4.69, 9.17) is 5.73 Å². The maximum Gasteiger partial charge on any atom is 0.0256 e. The lowest BCUT2D eigenvalue weighted by atomic mass is 10.1. The summed E-state index contributed by atoms with van der Waals surface area (Å²) in [6.07, 6.45) is 3.19. The summed E-state index contributed by atoms with van der Waals surface area (Å²) >= 11 is 1.88. The van der Waals surface area contributed by atoms with E-state index in [0.29, 0.717) is 6.04 Å². The van der Waals surface area contributed by atoms with Crippen LogP contribution < -0.4 is 5.73 Å². The molecular formula is C13H22N2S. The molecular weight excluding hydrogens is 216 g/mol. The first-order valence-corrected chi connectivity index (χ1v) is 7.10. The fourth-order valence-corrected chi connectivity index (χ4v) is 2.19. The molecule has 0 spiro atoms. The molecule has 2 N–H and O–H groups in total. The molecule has 3 heteroatoms. The molecule has 0 aliphatic heterocycles. The number of nitrogens with zero attached hydrogens (tertiary/aromatic N) is 1. The van der Waals surface area contributed by atoms with E-state index in [9.17, 15) is 0 Å². The van der Waals surface area contributed by atoms with Crippen LogP contribution in [0.25, 0.3) is 0 Å². The molecule has 1 atom stereocenters. The Bertz CT molecular complexity index is 277. The van der Waals surface area contributed by atoms with Crippen LogP contribution >= 0.6 is 11.8 Å². The molecule has 1 rings (SSSR count). The maximum absolute atomic E-state index is 5.84. The van der Waals surface area contributed by atoms with Gasteiger partial charge in [-0.1, -0.05) is 30.3 Å². The van der Waals surface area contributed by atoms with Crippen molar-refractivity contribution in [3.8, 4) is 0 Å². The van der Waals surface area contributed by atoms with E-state index in [1.165, 1.54) is 11.3 Å². The smallest absolute Gasteiger partial charge is 0.0256 e. The van der Waals surface area contributed by atoms with Crippen molar-refractivity contribution >= 4 is 11.8 Å². The molecule has 16 heavy (non-hydrogen) atoms. The van der Waals surface area contributed by atoms with Crippen LogP contribution in [-0.4, -0.2) is 43.1 Å². The van der Waals surface area contributed by atoms with Gasteiger partial charge in [-0.25, -0.2) is 0 Å². The maximum atomic E-state index is 5.84. The molecule has 0 bridgehead atoms. The van der Waals surface area contributed by atoms with Gasteiger partial charge in [0.2, 0.25) is 0 Å². The van der Waals surface area contributed by atoms with Crippen molar-refractivity contribution in [2.75, 3.05) is 32.1 Å². The summed E-state index contributed by atoms with van der Waals surface area (Å²) in [5.74, 6) is 1.17. The largest absolute Gasteiger partial charge is 0.329 e. The highest BCUT2D eigenvalue weighted by Gasteiger charge is 2.12. The van der Waals surface area contributed by atoms with Crippen molar-refractivity contribution in [2.45, 2.75) is 12.5 Å². The molecule has 0 fully saturated rings. The molecule has 0 saturated carbocycles. The summed E-state index contributed by atoms with van der Waals surface area (Å²) in [6, 6.07) is 11.0. The van der Waals surface area contributed by atoms with Gasteiger partial charge in [0.15, 0.2) is 0 Å². The highest BCUT2D eigenvalue weighted by molar-refractivity contribution is 7.98. The number of hydrogen-bond donors (Lipinski definition) is 1. The second kappa shape index (κ2) is 7.71. The topological polar surface area (TPSA) is 29.3 Å². The van der Waals surface area contributed by atoms with Gasteiger partial charge >= 0.3 is 0 Å². The lowest BCUT2D eigenvalue weighted by Crippen LogP contribution is -2.40. The van der Waals surface area contributed by atoms with E-state index in [-0.39, 0.29) is 0 Å². The highest BCUT2D eigenvalue weighted by atomic mass is 32.2. The Morgan fingerprint density at radius 3 is 2.56 bits per heavy atom. The predicted octanol–water partition coefficient (Wildman–Crippen LogP) is 1.85. The zero-order chi connectivity index (χ0) is 11.8. The average molecular weight is 238 g/mol. The van der Waals surface area contributed by atoms with Gasteiger partial charge in [0, 0.05) is 24.9 Å². The standard InChI is InChI=1S/C13H22N2S/c1-15(8-9-16-2)13(11-14)10-12-6-4-3-5-7-12/h3-7,13H,8-11,14H2,1-2H3. The number of thioether (sulfide) groups is 1. The molecule has 0 aliphatic rings. The summed E-state index contributed by atoms with van der Waals surface area (Å²) < 4.78 is 0. The van der Waals surface area contributed by atoms with E-state index in [2.05, 4.69) is 48.5 Å². The van der Waals surface area contributed by atoms with Gasteiger partial charge in [0.05, 0.1) is 0 Å².